The van der Waals surface area contributed by atoms with Gasteiger partial charge in [-0.05, 0) is 37.8 Å². The molecule has 1 aromatic carbocycles. The predicted molar refractivity (Wildman–Crippen MR) is 102 cm³/mol. The molecule has 2 aliphatic rings. The van der Waals surface area contributed by atoms with Crippen molar-refractivity contribution in [3.05, 3.63) is 29.8 Å². The maximum atomic E-state index is 13.2. The van der Waals surface area contributed by atoms with Crippen LogP contribution in [-0.2, 0) is 21.0 Å². The van der Waals surface area contributed by atoms with E-state index in [0.29, 0.717) is 12.8 Å². The maximum Gasteiger partial charge on any atom is 0.417 e. The lowest BCUT2D eigenvalue weighted by Gasteiger charge is -2.35. The number of sulfonamides is 1. The van der Waals surface area contributed by atoms with Crippen LogP contribution in [-0.4, -0.2) is 37.3 Å². The van der Waals surface area contributed by atoms with Crippen molar-refractivity contribution in [1.29, 1.82) is 5.26 Å². The molecular weight excluding hydrogens is 419 g/mol. The fourth-order valence-electron chi connectivity index (χ4n) is 4.18. The first-order chi connectivity index (χ1) is 14.1. The van der Waals surface area contributed by atoms with E-state index >= 15 is 0 Å². The summed E-state index contributed by atoms with van der Waals surface area (Å²) in [4.78, 5) is 11.9. The smallest absolute Gasteiger partial charge is 0.338 e. The van der Waals surface area contributed by atoms with Crippen molar-refractivity contribution in [2.24, 2.45) is 5.92 Å². The summed E-state index contributed by atoms with van der Waals surface area (Å²) in [5.41, 5.74) is -2.07. The Kier molecular flexibility index (Phi) is 6.43. The number of benzene rings is 1. The summed E-state index contributed by atoms with van der Waals surface area (Å²) in [7, 11) is -4.34. The number of alkyl halides is 3. The predicted octanol–water partition coefficient (Wildman–Crippen LogP) is 3.45. The molecule has 1 amide bonds. The number of carbonyl (C=O) groups excluding carboxylic acids is 1. The molecule has 1 saturated heterocycles. The van der Waals surface area contributed by atoms with Gasteiger partial charge in [-0.15, -0.1) is 0 Å². The number of nitrogens with one attached hydrogen (secondary N) is 1. The Bertz CT molecular complexity index is 927. The lowest BCUT2D eigenvalue weighted by atomic mass is 9.82. The van der Waals surface area contributed by atoms with Gasteiger partial charge in [0.1, 0.15) is 5.54 Å². The van der Waals surface area contributed by atoms with Gasteiger partial charge in [-0.25, -0.2) is 8.42 Å². The molecule has 0 aromatic heterocycles. The summed E-state index contributed by atoms with van der Waals surface area (Å²) in [5, 5.41) is 12.4. The fraction of sp³-hybridized carbons (Fsp3) is 0.600. The van der Waals surface area contributed by atoms with Gasteiger partial charge in [-0.1, -0.05) is 31.4 Å². The highest BCUT2D eigenvalue weighted by Crippen LogP contribution is 2.36. The molecule has 1 N–H and O–H groups in total. The highest BCUT2D eigenvalue weighted by atomic mass is 32.2. The van der Waals surface area contributed by atoms with Gasteiger partial charge in [-0.2, -0.15) is 22.7 Å². The fourth-order valence-corrected chi connectivity index (χ4v) is 5.86. The molecule has 3 rings (SSSR count). The van der Waals surface area contributed by atoms with Gasteiger partial charge in [-0.3, -0.25) is 4.79 Å². The highest BCUT2D eigenvalue weighted by molar-refractivity contribution is 7.89. The number of nitriles is 1. The van der Waals surface area contributed by atoms with E-state index in [0.717, 1.165) is 41.8 Å². The van der Waals surface area contributed by atoms with Crippen LogP contribution >= 0.6 is 0 Å². The van der Waals surface area contributed by atoms with E-state index in [4.69, 9.17) is 0 Å². The molecule has 1 aliphatic carbocycles. The largest absolute Gasteiger partial charge is 0.417 e. The third-order valence-corrected chi connectivity index (χ3v) is 7.88. The van der Waals surface area contributed by atoms with E-state index in [1.165, 1.54) is 6.07 Å². The van der Waals surface area contributed by atoms with Crippen LogP contribution in [0, 0.1) is 17.2 Å². The Morgan fingerprint density at radius 3 is 2.30 bits per heavy atom. The van der Waals surface area contributed by atoms with E-state index in [-0.39, 0.29) is 31.8 Å². The molecule has 1 heterocycles. The van der Waals surface area contributed by atoms with E-state index < -0.39 is 38.1 Å². The molecule has 0 bridgehead atoms. The van der Waals surface area contributed by atoms with Gasteiger partial charge in [0, 0.05) is 19.0 Å². The van der Waals surface area contributed by atoms with Gasteiger partial charge < -0.3 is 5.32 Å². The lowest BCUT2D eigenvalue weighted by molar-refractivity contribution is -0.139. The number of hydrogen-bond donors (Lipinski definition) is 1. The number of nitrogens with zero attached hydrogens (tertiary/aromatic N) is 2. The first-order valence-corrected chi connectivity index (χ1v) is 11.4. The number of carbonyl (C=O) groups is 1. The van der Waals surface area contributed by atoms with Gasteiger partial charge in [0.2, 0.25) is 15.9 Å². The quantitative estimate of drug-likeness (QED) is 0.772. The zero-order valence-electron chi connectivity index (χ0n) is 16.4. The van der Waals surface area contributed by atoms with Crippen molar-refractivity contribution in [2.45, 2.75) is 61.6 Å². The first kappa shape index (κ1) is 22.6. The summed E-state index contributed by atoms with van der Waals surface area (Å²) in [6.07, 6.45) is -0.455. The normalized spacial score (nSPS) is 21.0. The van der Waals surface area contributed by atoms with Crippen LogP contribution in [0.5, 0.6) is 0 Å². The molecule has 0 radical (unpaired) electrons. The third-order valence-electron chi connectivity index (χ3n) is 5.92. The van der Waals surface area contributed by atoms with Crippen LogP contribution in [0.25, 0.3) is 0 Å². The minimum Gasteiger partial charge on any atom is -0.338 e. The second-order valence-corrected chi connectivity index (χ2v) is 9.82. The number of halogens is 3. The number of hydrogen-bond acceptors (Lipinski definition) is 4. The molecule has 1 aromatic rings. The Morgan fingerprint density at radius 2 is 1.73 bits per heavy atom. The van der Waals surface area contributed by atoms with Crippen molar-refractivity contribution in [2.75, 3.05) is 13.1 Å². The Balaban J connectivity index is 1.68. The second kappa shape index (κ2) is 8.55. The van der Waals surface area contributed by atoms with Crippen LogP contribution < -0.4 is 5.32 Å². The first-order valence-electron chi connectivity index (χ1n) is 9.99. The van der Waals surface area contributed by atoms with Crippen molar-refractivity contribution in [3.63, 3.8) is 0 Å². The summed E-state index contributed by atoms with van der Waals surface area (Å²) < 4.78 is 66.4. The summed E-state index contributed by atoms with van der Waals surface area (Å²) in [6, 6.07) is 6.33. The van der Waals surface area contributed by atoms with Gasteiger partial charge >= 0.3 is 6.18 Å². The van der Waals surface area contributed by atoms with Crippen LogP contribution in [0.4, 0.5) is 13.2 Å². The van der Waals surface area contributed by atoms with E-state index in [9.17, 15) is 31.6 Å². The summed E-state index contributed by atoms with van der Waals surface area (Å²) in [6.45, 7) is -0.0989. The molecule has 30 heavy (non-hydrogen) atoms. The molecular formula is C20H24F3N3O3S. The van der Waals surface area contributed by atoms with Gasteiger partial charge in [0.15, 0.2) is 0 Å². The van der Waals surface area contributed by atoms with Crippen LogP contribution in [0.2, 0.25) is 0 Å². The molecule has 0 atom stereocenters. The number of rotatable bonds is 4. The molecule has 1 aliphatic heterocycles. The SMILES string of the molecule is N#CC1(NC(=O)C2CCN(S(=O)(=O)c3ccccc3C(F)(F)F)CC2)CCCCC1. The summed E-state index contributed by atoms with van der Waals surface area (Å²) in [5.74, 6) is -0.757. The molecule has 164 valence electrons. The third kappa shape index (κ3) is 4.62. The van der Waals surface area contributed by atoms with Crippen molar-refractivity contribution < 1.29 is 26.4 Å². The average molecular weight is 443 g/mol. The Hall–Kier alpha value is -2.12. The van der Waals surface area contributed by atoms with Crippen LogP contribution in [0.3, 0.4) is 0 Å². The minimum atomic E-state index is -4.78. The van der Waals surface area contributed by atoms with E-state index in [2.05, 4.69) is 11.4 Å². The van der Waals surface area contributed by atoms with E-state index in [1.807, 2.05) is 0 Å². The Morgan fingerprint density at radius 1 is 1.13 bits per heavy atom. The van der Waals surface area contributed by atoms with Crippen molar-refractivity contribution >= 4 is 15.9 Å². The van der Waals surface area contributed by atoms with Gasteiger partial charge in [0.05, 0.1) is 16.5 Å². The monoisotopic (exact) mass is 443 g/mol. The topological polar surface area (TPSA) is 90.3 Å². The lowest BCUT2D eigenvalue weighted by Crippen LogP contribution is -2.52. The minimum absolute atomic E-state index is 0.0494. The number of amides is 1. The number of piperidine rings is 1. The van der Waals surface area contributed by atoms with E-state index in [1.54, 1.807) is 0 Å². The molecule has 6 nitrogen and oxygen atoms in total. The second-order valence-electron chi connectivity index (χ2n) is 7.92. The zero-order chi connectivity index (χ0) is 22.0. The molecule has 2 fully saturated rings. The molecule has 10 heteroatoms. The zero-order valence-corrected chi connectivity index (χ0v) is 17.2. The molecule has 0 spiro atoms. The average Bonchev–Trinajstić information content (AvgIpc) is 2.74. The van der Waals surface area contributed by atoms with Crippen LogP contribution in [0.15, 0.2) is 29.2 Å². The van der Waals surface area contributed by atoms with Crippen LogP contribution in [0.1, 0.15) is 50.5 Å². The van der Waals surface area contributed by atoms with Crippen molar-refractivity contribution in [3.8, 4) is 6.07 Å². The van der Waals surface area contributed by atoms with Gasteiger partial charge in [0.25, 0.3) is 0 Å². The molecule has 1 saturated carbocycles. The maximum absolute atomic E-state index is 13.2. The standard InChI is InChI=1S/C20H24F3N3O3S/c21-20(22,23)16-6-2-3-7-17(16)30(28,29)26-12-8-15(9-13-26)18(27)25-19(14-24)10-4-1-5-11-19/h2-3,6-7,15H,1,4-5,8-13H2,(H,25,27). The highest BCUT2D eigenvalue weighted by Gasteiger charge is 2.41. The van der Waals surface area contributed by atoms with Crippen molar-refractivity contribution in [1.82, 2.24) is 9.62 Å². The Labute approximate surface area is 174 Å². The summed E-state index contributed by atoms with van der Waals surface area (Å²) >= 11 is 0. The molecule has 0 unspecified atom stereocenters.